The first-order valence-electron chi connectivity index (χ1n) is 6.99. The fourth-order valence-electron chi connectivity index (χ4n) is 1.94. The van der Waals surface area contributed by atoms with Crippen molar-refractivity contribution in [3.05, 3.63) is 53.1 Å². The normalized spacial score (nSPS) is 10.2. The van der Waals surface area contributed by atoms with E-state index in [0.29, 0.717) is 28.8 Å². The van der Waals surface area contributed by atoms with E-state index in [9.17, 15) is 4.79 Å². The Balaban J connectivity index is 1.86. The first-order valence-corrected chi connectivity index (χ1v) is 8.35. The van der Waals surface area contributed by atoms with Gasteiger partial charge in [0.2, 0.25) is 5.91 Å². The maximum Gasteiger partial charge on any atom is 0.230 e. The lowest BCUT2D eigenvalue weighted by molar-refractivity contribution is -0.118. The second-order valence-electron chi connectivity index (χ2n) is 4.67. The van der Waals surface area contributed by atoms with Crippen LogP contribution in [0, 0.1) is 0 Å². The number of halogens is 1. The molecule has 0 unspecified atom stereocenters. The molecule has 0 bridgehead atoms. The maximum absolute atomic E-state index is 11.9. The van der Waals surface area contributed by atoms with E-state index in [1.165, 1.54) is 11.8 Å². The number of methoxy groups -OCH3 is 2. The van der Waals surface area contributed by atoms with Gasteiger partial charge in [0.15, 0.2) is 11.5 Å². The fraction of sp³-hybridized carbons (Fsp3) is 0.235. The summed E-state index contributed by atoms with van der Waals surface area (Å²) in [5, 5.41) is 3.51. The summed E-state index contributed by atoms with van der Waals surface area (Å²) >= 11 is 7.50. The Kier molecular flexibility index (Phi) is 6.62. The number of thioether (sulfide) groups is 1. The number of nitrogens with one attached hydrogen (secondary N) is 1. The molecule has 0 fully saturated rings. The summed E-state index contributed by atoms with van der Waals surface area (Å²) in [6, 6.07) is 13.0. The lowest BCUT2D eigenvalue weighted by atomic mass is 10.2. The summed E-state index contributed by atoms with van der Waals surface area (Å²) in [5.41, 5.74) is 0.902. The van der Waals surface area contributed by atoms with Crippen LogP contribution >= 0.6 is 23.4 Å². The molecule has 0 aliphatic heterocycles. The van der Waals surface area contributed by atoms with Crippen LogP contribution in [0.1, 0.15) is 5.56 Å². The maximum atomic E-state index is 11.9. The van der Waals surface area contributed by atoms with Gasteiger partial charge in [0.05, 0.1) is 20.0 Å². The van der Waals surface area contributed by atoms with Gasteiger partial charge in [-0.15, -0.1) is 11.8 Å². The van der Waals surface area contributed by atoms with Crippen LogP contribution in [0.2, 0.25) is 5.02 Å². The van der Waals surface area contributed by atoms with E-state index in [4.69, 9.17) is 21.1 Å². The number of ether oxygens (including phenoxy) is 2. The third-order valence-electron chi connectivity index (χ3n) is 3.16. The van der Waals surface area contributed by atoms with Gasteiger partial charge >= 0.3 is 0 Å². The zero-order valence-corrected chi connectivity index (χ0v) is 14.5. The fourth-order valence-corrected chi connectivity index (χ4v) is 2.90. The van der Waals surface area contributed by atoms with E-state index in [2.05, 4.69) is 5.32 Å². The zero-order chi connectivity index (χ0) is 16.7. The molecule has 0 saturated heterocycles. The number of rotatable bonds is 7. The van der Waals surface area contributed by atoms with Crippen LogP contribution in [0.3, 0.4) is 0 Å². The van der Waals surface area contributed by atoms with Crippen molar-refractivity contribution in [3.8, 4) is 11.5 Å². The highest BCUT2D eigenvalue weighted by Gasteiger charge is 2.08. The average Bonchev–Trinajstić information content (AvgIpc) is 2.58. The topological polar surface area (TPSA) is 47.6 Å². The predicted molar refractivity (Wildman–Crippen MR) is 93.6 cm³/mol. The van der Waals surface area contributed by atoms with Gasteiger partial charge < -0.3 is 14.8 Å². The van der Waals surface area contributed by atoms with Gasteiger partial charge in [-0.3, -0.25) is 4.79 Å². The Hall–Kier alpha value is -1.85. The molecule has 0 aromatic heterocycles. The summed E-state index contributed by atoms with van der Waals surface area (Å²) < 4.78 is 10.4. The highest BCUT2D eigenvalue weighted by Crippen LogP contribution is 2.31. The molecule has 1 N–H and O–H groups in total. The monoisotopic (exact) mass is 351 g/mol. The van der Waals surface area contributed by atoms with Crippen molar-refractivity contribution >= 4 is 29.3 Å². The highest BCUT2D eigenvalue weighted by atomic mass is 35.5. The second-order valence-corrected chi connectivity index (χ2v) is 6.13. The third-order valence-corrected chi connectivity index (χ3v) is 4.52. The quantitative estimate of drug-likeness (QED) is 0.771. The van der Waals surface area contributed by atoms with E-state index in [-0.39, 0.29) is 5.91 Å². The molecule has 2 aromatic rings. The Morgan fingerprint density at radius 1 is 1.13 bits per heavy atom. The van der Waals surface area contributed by atoms with Crippen LogP contribution in [0.4, 0.5) is 0 Å². The molecule has 0 radical (unpaired) electrons. The van der Waals surface area contributed by atoms with Crippen molar-refractivity contribution < 1.29 is 14.3 Å². The molecule has 23 heavy (non-hydrogen) atoms. The summed E-state index contributed by atoms with van der Waals surface area (Å²) in [7, 11) is 3.18. The molecule has 0 spiro atoms. The molecular weight excluding hydrogens is 334 g/mol. The van der Waals surface area contributed by atoms with Crippen LogP contribution in [0.25, 0.3) is 0 Å². The van der Waals surface area contributed by atoms with E-state index in [1.54, 1.807) is 20.3 Å². The number of hydrogen-bond acceptors (Lipinski definition) is 4. The summed E-state index contributed by atoms with van der Waals surface area (Å²) in [6.45, 7) is 0.422. The highest BCUT2D eigenvalue weighted by molar-refractivity contribution is 8.00. The van der Waals surface area contributed by atoms with Gasteiger partial charge in [0, 0.05) is 16.5 Å². The number of hydrogen-bond donors (Lipinski definition) is 1. The van der Waals surface area contributed by atoms with Gasteiger partial charge in [0.25, 0.3) is 0 Å². The molecule has 2 rings (SSSR count). The van der Waals surface area contributed by atoms with Crippen LogP contribution in [0.5, 0.6) is 11.5 Å². The van der Waals surface area contributed by atoms with Crippen molar-refractivity contribution in [1.29, 1.82) is 0 Å². The number of amides is 1. The van der Waals surface area contributed by atoms with Crippen LogP contribution < -0.4 is 14.8 Å². The predicted octanol–water partition coefficient (Wildman–Crippen LogP) is 3.77. The minimum absolute atomic E-state index is 0.0512. The molecule has 4 nitrogen and oxygen atoms in total. The molecule has 0 saturated carbocycles. The number of carbonyl (C=O) groups excluding carboxylic acids is 1. The lowest BCUT2D eigenvalue weighted by Gasteiger charge is -2.10. The minimum Gasteiger partial charge on any atom is -0.493 e. The Morgan fingerprint density at radius 2 is 1.87 bits per heavy atom. The average molecular weight is 352 g/mol. The summed E-state index contributed by atoms with van der Waals surface area (Å²) in [5.74, 6) is 1.58. The Bertz CT molecular complexity index is 679. The first-order chi connectivity index (χ1) is 11.1. The van der Waals surface area contributed by atoms with Crippen molar-refractivity contribution in [1.82, 2.24) is 5.32 Å². The van der Waals surface area contributed by atoms with Gasteiger partial charge in [-0.1, -0.05) is 29.8 Å². The smallest absolute Gasteiger partial charge is 0.230 e. The van der Waals surface area contributed by atoms with E-state index in [1.807, 2.05) is 36.4 Å². The van der Waals surface area contributed by atoms with Crippen molar-refractivity contribution in [2.75, 3.05) is 20.0 Å². The van der Waals surface area contributed by atoms with Gasteiger partial charge in [-0.25, -0.2) is 0 Å². The van der Waals surface area contributed by atoms with Crippen LogP contribution in [-0.4, -0.2) is 25.9 Å². The minimum atomic E-state index is -0.0512. The van der Waals surface area contributed by atoms with Crippen molar-refractivity contribution in [3.63, 3.8) is 0 Å². The number of benzene rings is 2. The molecule has 0 heterocycles. The summed E-state index contributed by atoms with van der Waals surface area (Å²) in [4.78, 5) is 12.9. The summed E-state index contributed by atoms with van der Waals surface area (Å²) in [6.07, 6.45) is 0. The Labute approximate surface area is 145 Å². The van der Waals surface area contributed by atoms with E-state index >= 15 is 0 Å². The van der Waals surface area contributed by atoms with E-state index < -0.39 is 0 Å². The van der Waals surface area contributed by atoms with E-state index in [0.717, 1.165) is 10.5 Å². The lowest BCUT2D eigenvalue weighted by Crippen LogP contribution is -2.24. The number of carbonyl (C=O) groups is 1. The van der Waals surface area contributed by atoms with Crippen LogP contribution in [0.15, 0.2) is 47.4 Å². The van der Waals surface area contributed by atoms with Crippen LogP contribution in [-0.2, 0) is 11.3 Å². The van der Waals surface area contributed by atoms with Gasteiger partial charge in [0.1, 0.15) is 0 Å². The molecule has 0 aliphatic rings. The van der Waals surface area contributed by atoms with Crippen molar-refractivity contribution in [2.45, 2.75) is 11.4 Å². The largest absolute Gasteiger partial charge is 0.493 e. The first kappa shape index (κ1) is 17.5. The molecular formula is C17H18ClNO3S. The molecule has 2 aromatic carbocycles. The Morgan fingerprint density at radius 3 is 2.57 bits per heavy atom. The van der Waals surface area contributed by atoms with Gasteiger partial charge in [-0.2, -0.15) is 0 Å². The van der Waals surface area contributed by atoms with Crippen molar-refractivity contribution in [2.24, 2.45) is 0 Å². The second kappa shape index (κ2) is 8.70. The third kappa shape index (κ3) is 5.08. The molecule has 122 valence electrons. The van der Waals surface area contributed by atoms with Gasteiger partial charge in [-0.05, 0) is 29.8 Å². The molecule has 6 heteroatoms. The molecule has 0 atom stereocenters. The standard InChI is InChI=1S/C17H18ClNO3S/c1-21-15-8-7-13(9-16(15)22-2)23-11-17(20)19-10-12-5-3-4-6-14(12)18/h3-9H,10-11H2,1-2H3,(H,19,20). The molecule has 1 amide bonds. The SMILES string of the molecule is COc1ccc(SCC(=O)NCc2ccccc2Cl)cc1OC. The molecule has 0 aliphatic carbocycles. The zero-order valence-electron chi connectivity index (χ0n) is 13.0.